The predicted octanol–water partition coefficient (Wildman–Crippen LogP) is 1.88. The first-order chi connectivity index (χ1) is 5.94. The third-order valence-electron chi connectivity index (χ3n) is 3.62. The van der Waals surface area contributed by atoms with Gasteiger partial charge in [0.15, 0.2) is 0 Å². The highest BCUT2D eigenvalue weighted by Gasteiger charge is 2.33. The second-order valence-electron chi connectivity index (χ2n) is 5.00. The maximum absolute atomic E-state index is 9.66. The summed E-state index contributed by atoms with van der Waals surface area (Å²) in [6, 6.07) is 0. The van der Waals surface area contributed by atoms with Crippen LogP contribution in [0.3, 0.4) is 0 Å². The summed E-state index contributed by atoms with van der Waals surface area (Å²) in [5.41, 5.74) is -0.0554. The number of aliphatic hydroxyl groups excluding tert-OH is 1. The highest BCUT2D eigenvalue weighted by molar-refractivity contribution is 4.88. The van der Waals surface area contributed by atoms with Crippen molar-refractivity contribution in [2.75, 3.05) is 13.1 Å². The fourth-order valence-electron chi connectivity index (χ4n) is 1.85. The number of aliphatic hydroxyl groups is 1. The lowest BCUT2D eigenvalue weighted by molar-refractivity contribution is -0.0159. The molecule has 0 aromatic heterocycles. The molecular formula is C11H23NO. The van der Waals surface area contributed by atoms with Gasteiger partial charge in [0, 0.05) is 5.54 Å². The van der Waals surface area contributed by atoms with Crippen LogP contribution in [0.2, 0.25) is 0 Å². The van der Waals surface area contributed by atoms with E-state index in [1.165, 1.54) is 12.8 Å². The van der Waals surface area contributed by atoms with Gasteiger partial charge in [-0.3, -0.25) is 4.90 Å². The van der Waals surface area contributed by atoms with Gasteiger partial charge < -0.3 is 5.11 Å². The molecule has 1 unspecified atom stereocenters. The SMILES string of the molecule is CC1CCN(C(C)(C)C(C)O)CC1. The molecule has 13 heavy (non-hydrogen) atoms. The van der Waals surface area contributed by atoms with Crippen LogP contribution in [-0.2, 0) is 0 Å². The first-order valence-corrected chi connectivity index (χ1v) is 5.37. The third kappa shape index (κ3) is 2.44. The molecule has 1 fully saturated rings. The minimum Gasteiger partial charge on any atom is -0.392 e. The molecule has 0 bridgehead atoms. The standard InChI is InChI=1S/C11H23NO/c1-9-5-7-12(8-6-9)11(3,4)10(2)13/h9-10,13H,5-8H2,1-4H3. The first-order valence-electron chi connectivity index (χ1n) is 5.37. The maximum atomic E-state index is 9.66. The maximum Gasteiger partial charge on any atom is 0.0690 e. The summed E-state index contributed by atoms with van der Waals surface area (Å²) in [6.45, 7) is 10.7. The van der Waals surface area contributed by atoms with Gasteiger partial charge in [-0.25, -0.2) is 0 Å². The molecule has 2 nitrogen and oxygen atoms in total. The third-order valence-corrected chi connectivity index (χ3v) is 3.62. The van der Waals surface area contributed by atoms with Crippen molar-refractivity contribution in [1.82, 2.24) is 4.90 Å². The van der Waals surface area contributed by atoms with E-state index < -0.39 is 0 Å². The minimum absolute atomic E-state index is 0.0554. The average Bonchev–Trinajstić information content (AvgIpc) is 2.04. The number of hydrogen-bond donors (Lipinski definition) is 1. The minimum atomic E-state index is -0.249. The summed E-state index contributed by atoms with van der Waals surface area (Å²) in [5, 5.41) is 9.66. The first kappa shape index (κ1) is 11.0. The molecular weight excluding hydrogens is 162 g/mol. The molecule has 2 heteroatoms. The number of likely N-dealkylation sites (tertiary alicyclic amines) is 1. The van der Waals surface area contributed by atoms with E-state index in [1.807, 2.05) is 6.92 Å². The predicted molar refractivity (Wildman–Crippen MR) is 55.7 cm³/mol. The number of rotatable bonds is 2. The van der Waals surface area contributed by atoms with Crippen molar-refractivity contribution < 1.29 is 5.11 Å². The van der Waals surface area contributed by atoms with Crippen LogP contribution < -0.4 is 0 Å². The Labute approximate surface area is 81.9 Å². The Morgan fingerprint density at radius 1 is 1.31 bits per heavy atom. The molecule has 0 aliphatic carbocycles. The Morgan fingerprint density at radius 2 is 1.77 bits per heavy atom. The second-order valence-corrected chi connectivity index (χ2v) is 5.00. The van der Waals surface area contributed by atoms with E-state index in [0.717, 1.165) is 19.0 Å². The molecule has 0 aromatic carbocycles. The van der Waals surface area contributed by atoms with Crippen LogP contribution in [-0.4, -0.2) is 34.7 Å². The summed E-state index contributed by atoms with van der Waals surface area (Å²) in [4.78, 5) is 2.41. The van der Waals surface area contributed by atoms with Crippen molar-refractivity contribution >= 4 is 0 Å². The summed E-state index contributed by atoms with van der Waals surface area (Å²) in [5.74, 6) is 0.862. The van der Waals surface area contributed by atoms with Crippen molar-refractivity contribution in [2.45, 2.75) is 52.2 Å². The van der Waals surface area contributed by atoms with Crippen LogP contribution in [0.25, 0.3) is 0 Å². The van der Waals surface area contributed by atoms with E-state index in [0.29, 0.717) is 0 Å². The van der Waals surface area contributed by atoms with Crippen LogP contribution in [0.5, 0.6) is 0 Å². The van der Waals surface area contributed by atoms with Gasteiger partial charge in [-0.1, -0.05) is 6.92 Å². The van der Waals surface area contributed by atoms with E-state index in [2.05, 4.69) is 25.7 Å². The lowest BCUT2D eigenvalue weighted by Crippen LogP contribution is -2.53. The molecule has 78 valence electrons. The van der Waals surface area contributed by atoms with Crippen LogP contribution in [0.1, 0.15) is 40.5 Å². The highest BCUT2D eigenvalue weighted by atomic mass is 16.3. The van der Waals surface area contributed by atoms with Crippen LogP contribution in [0, 0.1) is 5.92 Å². The monoisotopic (exact) mass is 185 g/mol. The molecule has 1 aliphatic heterocycles. The quantitative estimate of drug-likeness (QED) is 0.710. The molecule has 1 N–H and O–H groups in total. The van der Waals surface area contributed by atoms with Gasteiger partial charge in [0.1, 0.15) is 0 Å². The normalized spacial score (nSPS) is 24.7. The lowest BCUT2D eigenvalue weighted by atomic mass is 9.90. The zero-order valence-corrected chi connectivity index (χ0v) is 9.38. The fourth-order valence-corrected chi connectivity index (χ4v) is 1.85. The Hall–Kier alpha value is -0.0800. The molecule has 0 aromatic rings. The molecule has 0 saturated carbocycles. The average molecular weight is 185 g/mol. The van der Waals surface area contributed by atoms with Crippen LogP contribution in [0.4, 0.5) is 0 Å². The molecule has 1 saturated heterocycles. The Balaban J connectivity index is 2.52. The summed E-state index contributed by atoms with van der Waals surface area (Å²) in [6.07, 6.45) is 2.30. The van der Waals surface area contributed by atoms with E-state index in [-0.39, 0.29) is 11.6 Å². The zero-order valence-electron chi connectivity index (χ0n) is 9.38. The van der Waals surface area contributed by atoms with Crippen molar-refractivity contribution in [3.8, 4) is 0 Å². The molecule has 1 rings (SSSR count). The highest BCUT2D eigenvalue weighted by Crippen LogP contribution is 2.25. The molecule has 0 spiro atoms. The van der Waals surface area contributed by atoms with E-state index in [9.17, 15) is 5.11 Å². The van der Waals surface area contributed by atoms with Crippen LogP contribution >= 0.6 is 0 Å². The van der Waals surface area contributed by atoms with Gasteiger partial charge in [0.05, 0.1) is 6.10 Å². The Kier molecular flexibility index (Phi) is 3.36. The lowest BCUT2D eigenvalue weighted by Gasteiger charge is -2.44. The molecule has 1 heterocycles. The zero-order chi connectivity index (χ0) is 10.1. The topological polar surface area (TPSA) is 23.5 Å². The van der Waals surface area contributed by atoms with E-state index in [1.54, 1.807) is 0 Å². The summed E-state index contributed by atoms with van der Waals surface area (Å²) in [7, 11) is 0. The molecule has 0 amide bonds. The van der Waals surface area contributed by atoms with Gasteiger partial charge in [0.25, 0.3) is 0 Å². The molecule has 1 atom stereocenters. The van der Waals surface area contributed by atoms with Gasteiger partial charge >= 0.3 is 0 Å². The largest absolute Gasteiger partial charge is 0.392 e. The van der Waals surface area contributed by atoms with Gasteiger partial charge in [-0.05, 0) is 52.6 Å². The van der Waals surface area contributed by atoms with Gasteiger partial charge in [-0.15, -0.1) is 0 Å². The van der Waals surface area contributed by atoms with Gasteiger partial charge in [-0.2, -0.15) is 0 Å². The summed E-state index contributed by atoms with van der Waals surface area (Å²) < 4.78 is 0. The van der Waals surface area contributed by atoms with Crippen molar-refractivity contribution in [1.29, 1.82) is 0 Å². The Bertz CT molecular complexity index is 157. The number of hydrogen-bond acceptors (Lipinski definition) is 2. The van der Waals surface area contributed by atoms with E-state index >= 15 is 0 Å². The number of piperidine rings is 1. The van der Waals surface area contributed by atoms with Crippen molar-refractivity contribution in [2.24, 2.45) is 5.92 Å². The van der Waals surface area contributed by atoms with Crippen molar-refractivity contribution in [3.63, 3.8) is 0 Å². The number of nitrogens with zero attached hydrogens (tertiary/aromatic N) is 1. The van der Waals surface area contributed by atoms with Crippen molar-refractivity contribution in [3.05, 3.63) is 0 Å². The second kappa shape index (κ2) is 3.97. The molecule has 0 radical (unpaired) electrons. The van der Waals surface area contributed by atoms with Crippen LogP contribution in [0.15, 0.2) is 0 Å². The molecule has 1 aliphatic rings. The summed E-state index contributed by atoms with van der Waals surface area (Å²) >= 11 is 0. The van der Waals surface area contributed by atoms with E-state index in [4.69, 9.17) is 0 Å². The smallest absolute Gasteiger partial charge is 0.0690 e. The fraction of sp³-hybridized carbons (Fsp3) is 1.00. The Morgan fingerprint density at radius 3 is 2.15 bits per heavy atom. The van der Waals surface area contributed by atoms with Gasteiger partial charge in [0.2, 0.25) is 0 Å².